The van der Waals surface area contributed by atoms with Gasteiger partial charge in [-0.15, -0.1) is 0 Å². The molecule has 0 saturated carbocycles. The zero-order valence-corrected chi connectivity index (χ0v) is 5.31. The summed E-state index contributed by atoms with van der Waals surface area (Å²) in [5.41, 5.74) is 1.22. The van der Waals surface area contributed by atoms with E-state index in [1.807, 2.05) is 0 Å². The molecule has 0 fully saturated rings. The molecule has 0 aliphatic carbocycles. The van der Waals surface area contributed by atoms with E-state index in [4.69, 9.17) is 10.8 Å². The SMILES string of the molecule is N=[C]c1ccccc1[C]=N. The van der Waals surface area contributed by atoms with E-state index in [2.05, 4.69) is 12.4 Å². The first-order valence-electron chi connectivity index (χ1n) is 2.83. The Morgan fingerprint density at radius 2 is 1.30 bits per heavy atom. The number of hydrogen-bond acceptors (Lipinski definition) is 2. The molecule has 0 aliphatic heterocycles. The highest BCUT2D eigenvalue weighted by Crippen LogP contribution is 2.01. The Morgan fingerprint density at radius 1 is 0.900 bits per heavy atom. The topological polar surface area (TPSA) is 47.7 Å². The molecule has 2 N–H and O–H groups in total. The van der Waals surface area contributed by atoms with Crippen LogP contribution in [0.2, 0.25) is 0 Å². The number of nitrogens with one attached hydrogen (secondary N) is 2. The first-order chi connectivity index (χ1) is 4.88. The lowest BCUT2D eigenvalue weighted by Gasteiger charge is -1.93. The molecular weight excluding hydrogens is 124 g/mol. The lowest BCUT2D eigenvalue weighted by atomic mass is 10.1. The molecule has 0 bridgehead atoms. The van der Waals surface area contributed by atoms with E-state index < -0.39 is 0 Å². The van der Waals surface area contributed by atoms with E-state index in [-0.39, 0.29) is 0 Å². The quantitative estimate of drug-likeness (QED) is 0.569. The minimum Gasteiger partial charge on any atom is -0.298 e. The first kappa shape index (κ1) is 6.68. The van der Waals surface area contributed by atoms with Crippen molar-refractivity contribution < 1.29 is 0 Å². The molecule has 1 aromatic carbocycles. The van der Waals surface area contributed by atoms with Gasteiger partial charge >= 0.3 is 0 Å². The fourth-order valence-corrected chi connectivity index (χ4v) is 0.701. The van der Waals surface area contributed by atoms with E-state index in [0.717, 1.165) is 0 Å². The second-order valence-corrected chi connectivity index (χ2v) is 1.80. The maximum atomic E-state index is 6.81. The van der Waals surface area contributed by atoms with E-state index in [0.29, 0.717) is 11.1 Å². The van der Waals surface area contributed by atoms with E-state index in [9.17, 15) is 0 Å². The number of rotatable bonds is 2. The van der Waals surface area contributed by atoms with Crippen molar-refractivity contribution in [2.24, 2.45) is 0 Å². The zero-order valence-electron chi connectivity index (χ0n) is 5.31. The van der Waals surface area contributed by atoms with E-state index >= 15 is 0 Å². The largest absolute Gasteiger partial charge is 0.298 e. The summed E-state index contributed by atoms with van der Waals surface area (Å²) < 4.78 is 0. The van der Waals surface area contributed by atoms with Crippen LogP contribution in [-0.4, -0.2) is 12.4 Å². The molecule has 2 heteroatoms. The van der Waals surface area contributed by atoms with Crippen molar-refractivity contribution in [3.63, 3.8) is 0 Å². The van der Waals surface area contributed by atoms with Gasteiger partial charge in [-0.1, -0.05) is 24.3 Å². The minimum absolute atomic E-state index is 0.609. The Bertz CT molecular complexity index is 226. The molecule has 0 saturated heterocycles. The molecule has 0 spiro atoms. The minimum atomic E-state index is 0.609. The zero-order chi connectivity index (χ0) is 7.40. The van der Waals surface area contributed by atoms with Gasteiger partial charge in [0.1, 0.15) is 0 Å². The summed E-state index contributed by atoms with van der Waals surface area (Å²) in [5.74, 6) is 0. The van der Waals surface area contributed by atoms with Crippen molar-refractivity contribution in [1.82, 2.24) is 0 Å². The summed E-state index contributed by atoms with van der Waals surface area (Å²) in [6, 6.07) is 7.06. The van der Waals surface area contributed by atoms with Gasteiger partial charge in [-0.2, -0.15) is 0 Å². The summed E-state index contributed by atoms with van der Waals surface area (Å²) in [7, 11) is 0. The standard InChI is InChI=1S/C8H6N2/c9-5-7-3-1-2-4-8(7)6-10/h1-4,9-10H. The monoisotopic (exact) mass is 130 g/mol. The van der Waals surface area contributed by atoms with E-state index in [1.165, 1.54) is 0 Å². The van der Waals surface area contributed by atoms with Gasteiger partial charge in [-0.05, 0) is 0 Å². The Morgan fingerprint density at radius 3 is 1.60 bits per heavy atom. The smallest absolute Gasteiger partial charge is 0.0874 e. The molecule has 0 amide bonds. The average Bonchev–Trinajstić information content (AvgIpc) is 2.04. The fourth-order valence-electron chi connectivity index (χ4n) is 0.701. The molecule has 48 valence electrons. The molecule has 0 unspecified atom stereocenters. The Kier molecular flexibility index (Phi) is 1.95. The van der Waals surface area contributed by atoms with Crippen LogP contribution >= 0.6 is 0 Å². The van der Waals surface area contributed by atoms with Crippen LogP contribution in [0.5, 0.6) is 0 Å². The molecule has 0 heterocycles. The van der Waals surface area contributed by atoms with Crippen molar-refractivity contribution in [3.05, 3.63) is 35.4 Å². The molecule has 2 nitrogen and oxygen atoms in total. The third kappa shape index (κ3) is 1.10. The van der Waals surface area contributed by atoms with Gasteiger partial charge < -0.3 is 0 Å². The van der Waals surface area contributed by atoms with Crippen LogP contribution in [0.3, 0.4) is 0 Å². The van der Waals surface area contributed by atoms with Crippen LogP contribution in [0, 0.1) is 10.8 Å². The number of benzene rings is 1. The fraction of sp³-hybridized carbons (Fsp3) is 0. The second-order valence-electron chi connectivity index (χ2n) is 1.80. The van der Waals surface area contributed by atoms with Gasteiger partial charge in [0.25, 0.3) is 0 Å². The van der Waals surface area contributed by atoms with Crippen LogP contribution in [0.15, 0.2) is 24.3 Å². The molecule has 1 aromatic rings. The molecule has 1 rings (SSSR count). The van der Waals surface area contributed by atoms with Crippen LogP contribution in [0.1, 0.15) is 11.1 Å². The van der Waals surface area contributed by atoms with Crippen molar-refractivity contribution >= 4 is 12.4 Å². The van der Waals surface area contributed by atoms with Gasteiger partial charge in [0.15, 0.2) is 0 Å². The van der Waals surface area contributed by atoms with Crippen LogP contribution in [0.4, 0.5) is 0 Å². The van der Waals surface area contributed by atoms with Crippen molar-refractivity contribution in [1.29, 1.82) is 10.8 Å². The van der Waals surface area contributed by atoms with Gasteiger partial charge in [0, 0.05) is 11.1 Å². The van der Waals surface area contributed by atoms with Crippen LogP contribution in [-0.2, 0) is 0 Å². The van der Waals surface area contributed by atoms with Crippen molar-refractivity contribution in [2.75, 3.05) is 0 Å². The van der Waals surface area contributed by atoms with E-state index in [1.54, 1.807) is 24.3 Å². The Balaban J connectivity index is 3.20. The lowest BCUT2D eigenvalue weighted by Crippen LogP contribution is -1.87. The third-order valence-corrected chi connectivity index (χ3v) is 1.20. The molecule has 0 aliphatic rings. The highest BCUT2D eigenvalue weighted by Gasteiger charge is 1.93. The average molecular weight is 130 g/mol. The number of hydrogen-bond donors (Lipinski definition) is 2. The highest BCUT2D eigenvalue weighted by molar-refractivity contribution is 5.91. The normalized spacial score (nSPS) is 8.80. The summed E-state index contributed by atoms with van der Waals surface area (Å²) in [5, 5.41) is 13.6. The maximum absolute atomic E-state index is 6.81. The van der Waals surface area contributed by atoms with Gasteiger partial charge in [-0.25, -0.2) is 0 Å². The molecule has 0 aromatic heterocycles. The van der Waals surface area contributed by atoms with Crippen molar-refractivity contribution in [2.45, 2.75) is 0 Å². The Hall–Kier alpha value is -1.44. The van der Waals surface area contributed by atoms with Gasteiger partial charge in [-0.3, -0.25) is 10.8 Å². The highest BCUT2D eigenvalue weighted by atomic mass is 14.3. The van der Waals surface area contributed by atoms with Crippen LogP contribution < -0.4 is 0 Å². The summed E-state index contributed by atoms with van der Waals surface area (Å²) in [4.78, 5) is 0. The molecule has 10 heavy (non-hydrogen) atoms. The predicted octanol–water partition coefficient (Wildman–Crippen LogP) is 1.44. The lowest BCUT2D eigenvalue weighted by molar-refractivity contribution is 1.50. The summed E-state index contributed by atoms with van der Waals surface area (Å²) >= 11 is 0. The Labute approximate surface area is 59.5 Å². The third-order valence-electron chi connectivity index (χ3n) is 1.20. The molecular formula is C8H6N2. The summed E-state index contributed by atoms with van der Waals surface area (Å²) in [6.07, 6.45) is 4.43. The second kappa shape index (κ2) is 2.92. The molecule has 0 atom stereocenters. The van der Waals surface area contributed by atoms with Gasteiger partial charge in [0.05, 0.1) is 12.4 Å². The van der Waals surface area contributed by atoms with Crippen LogP contribution in [0.25, 0.3) is 0 Å². The van der Waals surface area contributed by atoms with Gasteiger partial charge in [0.2, 0.25) is 0 Å². The van der Waals surface area contributed by atoms with Crippen molar-refractivity contribution in [3.8, 4) is 0 Å². The molecule has 2 radical (unpaired) electrons. The first-order valence-corrected chi connectivity index (χ1v) is 2.83. The summed E-state index contributed by atoms with van der Waals surface area (Å²) in [6.45, 7) is 0. The maximum Gasteiger partial charge on any atom is 0.0874 e. The predicted molar refractivity (Wildman–Crippen MR) is 40.1 cm³/mol.